The molecule has 0 aromatic heterocycles. The largest absolute Gasteiger partial charge is 0.366 e. The van der Waals surface area contributed by atoms with Gasteiger partial charge in [0, 0.05) is 5.56 Å². The summed E-state index contributed by atoms with van der Waals surface area (Å²) < 4.78 is 12.3. The molecule has 0 spiro atoms. The van der Waals surface area contributed by atoms with Gasteiger partial charge in [-0.15, -0.1) is 0 Å². The lowest BCUT2D eigenvalue weighted by molar-refractivity contribution is 0.1000. The molecule has 1 radical (unpaired) electrons. The van der Waals surface area contributed by atoms with Crippen LogP contribution in [0.1, 0.15) is 10.4 Å². The molecule has 1 aromatic carbocycles. The van der Waals surface area contributed by atoms with Gasteiger partial charge in [-0.1, -0.05) is 0 Å². The van der Waals surface area contributed by atoms with E-state index >= 15 is 0 Å². The van der Waals surface area contributed by atoms with E-state index in [1.54, 1.807) is 0 Å². The van der Waals surface area contributed by atoms with Gasteiger partial charge in [-0.2, -0.15) is 0 Å². The van der Waals surface area contributed by atoms with Crippen LogP contribution in [0.15, 0.2) is 18.2 Å². The summed E-state index contributed by atoms with van der Waals surface area (Å²) in [5, 5.41) is 0. The number of nitrogens with two attached hydrogens (primary N) is 1. The fourth-order valence-corrected chi connectivity index (χ4v) is 0.585. The van der Waals surface area contributed by atoms with E-state index in [-0.39, 0.29) is 5.56 Å². The molecular formula is C7H5FNO. The van der Waals surface area contributed by atoms with E-state index in [1.807, 2.05) is 0 Å². The average Bonchev–Trinajstić information content (AvgIpc) is 1.88. The van der Waals surface area contributed by atoms with E-state index in [4.69, 9.17) is 5.73 Å². The molecule has 3 heteroatoms. The van der Waals surface area contributed by atoms with Crippen molar-refractivity contribution < 1.29 is 9.18 Å². The van der Waals surface area contributed by atoms with Crippen LogP contribution < -0.4 is 5.73 Å². The van der Waals surface area contributed by atoms with Gasteiger partial charge in [-0.25, -0.2) is 4.39 Å². The summed E-state index contributed by atoms with van der Waals surface area (Å²) in [4.78, 5) is 10.4. The summed E-state index contributed by atoms with van der Waals surface area (Å²) in [7, 11) is 0. The zero-order valence-corrected chi connectivity index (χ0v) is 5.10. The predicted octanol–water partition coefficient (Wildman–Crippen LogP) is 0.725. The Labute approximate surface area is 57.5 Å². The normalized spacial score (nSPS) is 9.30. The number of benzene rings is 1. The van der Waals surface area contributed by atoms with Crippen LogP contribution in [0.4, 0.5) is 4.39 Å². The Hall–Kier alpha value is -1.38. The standard InChI is InChI=1S/C7H5FNO/c8-6-3-1-2-5(4-6)7(9)10/h2-4H,(H2,9,10). The Balaban J connectivity index is 3.07. The van der Waals surface area contributed by atoms with E-state index < -0.39 is 11.7 Å². The van der Waals surface area contributed by atoms with Crippen molar-refractivity contribution in [3.05, 3.63) is 35.6 Å². The van der Waals surface area contributed by atoms with E-state index in [9.17, 15) is 9.18 Å². The van der Waals surface area contributed by atoms with Gasteiger partial charge in [0.25, 0.3) is 0 Å². The summed E-state index contributed by atoms with van der Waals surface area (Å²) >= 11 is 0. The minimum atomic E-state index is -0.643. The van der Waals surface area contributed by atoms with Crippen LogP contribution in [0.2, 0.25) is 0 Å². The number of amides is 1. The third kappa shape index (κ3) is 1.31. The molecule has 0 saturated carbocycles. The van der Waals surface area contributed by atoms with Crippen molar-refractivity contribution >= 4 is 5.91 Å². The van der Waals surface area contributed by atoms with Crippen LogP contribution >= 0.6 is 0 Å². The first-order valence-corrected chi connectivity index (χ1v) is 2.66. The van der Waals surface area contributed by atoms with Gasteiger partial charge in [-0.3, -0.25) is 4.79 Å². The van der Waals surface area contributed by atoms with Crippen molar-refractivity contribution in [3.63, 3.8) is 0 Å². The fourth-order valence-electron chi connectivity index (χ4n) is 0.585. The van der Waals surface area contributed by atoms with Crippen LogP contribution in [0.3, 0.4) is 0 Å². The molecular weight excluding hydrogens is 133 g/mol. The zero-order chi connectivity index (χ0) is 7.56. The Bertz CT molecular complexity index is 260. The number of hydrogen-bond acceptors (Lipinski definition) is 1. The molecule has 0 aliphatic rings. The minimum absolute atomic E-state index is 0.139. The number of rotatable bonds is 1. The second-order valence-electron chi connectivity index (χ2n) is 1.80. The molecule has 0 atom stereocenters. The second-order valence-corrected chi connectivity index (χ2v) is 1.80. The monoisotopic (exact) mass is 138 g/mol. The van der Waals surface area contributed by atoms with Gasteiger partial charge in [-0.05, 0) is 24.3 Å². The van der Waals surface area contributed by atoms with Crippen LogP contribution in [0, 0.1) is 11.9 Å². The van der Waals surface area contributed by atoms with Gasteiger partial charge in [0.1, 0.15) is 5.82 Å². The molecule has 0 bridgehead atoms. The first-order chi connectivity index (χ1) is 4.70. The molecule has 51 valence electrons. The highest BCUT2D eigenvalue weighted by Crippen LogP contribution is 2.00. The van der Waals surface area contributed by atoms with E-state index in [1.165, 1.54) is 6.07 Å². The molecule has 1 rings (SSSR count). The Morgan fingerprint density at radius 2 is 2.30 bits per heavy atom. The van der Waals surface area contributed by atoms with Gasteiger partial charge >= 0.3 is 0 Å². The third-order valence-electron chi connectivity index (χ3n) is 1.04. The van der Waals surface area contributed by atoms with E-state index in [2.05, 4.69) is 6.07 Å². The summed E-state index contributed by atoms with van der Waals surface area (Å²) in [5.74, 6) is -1.15. The molecule has 2 N–H and O–H groups in total. The smallest absolute Gasteiger partial charge is 0.248 e. The van der Waals surface area contributed by atoms with Gasteiger partial charge in [0.15, 0.2) is 0 Å². The highest BCUT2D eigenvalue weighted by Gasteiger charge is 1.99. The molecule has 0 fully saturated rings. The number of carbonyl (C=O) groups excluding carboxylic acids is 1. The highest BCUT2D eigenvalue weighted by atomic mass is 19.1. The van der Waals surface area contributed by atoms with Crippen molar-refractivity contribution in [1.82, 2.24) is 0 Å². The fraction of sp³-hybridized carbons (Fsp3) is 0. The van der Waals surface area contributed by atoms with Crippen LogP contribution in [0.25, 0.3) is 0 Å². The molecule has 1 aromatic rings. The first kappa shape index (κ1) is 6.74. The van der Waals surface area contributed by atoms with Gasteiger partial charge in [0.2, 0.25) is 5.91 Å². The summed E-state index contributed by atoms with van der Waals surface area (Å²) in [6.45, 7) is 0. The number of halogens is 1. The molecule has 2 nitrogen and oxygen atoms in total. The quantitative estimate of drug-likeness (QED) is 0.610. The maximum absolute atomic E-state index is 12.3. The second kappa shape index (κ2) is 2.47. The van der Waals surface area contributed by atoms with Gasteiger partial charge in [0.05, 0.1) is 0 Å². The topological polar surface area (TPSA) is 43.1 Å². The maximum Gasteiger partial charge on any atom is 0.248 e. The van der Waals surface area contributed by atoms with Crippen LogP contribution in [-0.2, 0) is 0 Å². The van der Waals surface area contributed by atoms with Crippen molar-refractivity contribution in [2.45, 2.75) is 0 Å². The highest BCUT2D eigenvalue weighted by molar-refractivity contribution is 5.92. The molecule has 0 unspecified atom stereocenters. The SMILES string of the molecule is NC(=O)c1c[c]cc(F)c1. The summed E-state index contributed by atoms with van der Waals surface area (Å²) in [6, 6.07) is 5.97. The van der Waals surface area contributed by atoms with E-state index in [0.717, 1.165) is 12.1 Å². The minimum Gasteiger partial charge on any atom is -0.366 e. The molecule has 0 aliphatic heterocycles. The van der Waals surface area contributed by atoms with Crippen molar-refractivity contribution in [1.29, 1.82) is 0 Å². The van der Waals surface area contributed by atoms with Crippen molar-refractivity contribution in [2.24, 2.45) is 5.73 Å². The number of carbonyl (C=O) groups is 1. The molecule has 0 heterocycles. The number of hydrogen-bond donors (Lipinski definition) is 1. The van der Waals surface area contributed by atoms with Gasteiger partial charge < -0.3 is 5.73 Å². The van der Waals surface area contributed by atoms with Crippen LogP contribution in [-0.4, -0.2) is 5.91 Å². The summed E-state index contributed by atoms with van der Waals surface area (Å²) in [5.41, 5.74) is 5.00. The molecule has 1 amide bonds. The summed E-state index contributed by atoms with van der Waals surface area (Å²) in [6.07, 6.45) is 0. The zero-order valence-electron chi connectivity index (χ0n) is 5.10. The maximum atomic E-state index is 12.3. The predicted molar refractivity (Wildman–Crippen MR) is 33.8 cm³/mol. The molecule has 0 saturated heterocycles. The van der Waals surface area contributed by atoms with E-state index in [0.29, 0.717) is 0 Å². The van der Waals surface area contributed by atoms with Crippen molar-refractivity contribution in [3.8, 4) is 0 Å². The van der Waals surface area contributed by atoms with Crippen LogP contribution in [0.5, 0.6) is 0 Å². The molecule has 0 aliphatic carbocycles. The molecule has 10 heavy (non-hydrogen) atoms. The third-order valence-corrected chi connectivity index (χ3v) is 1.04. The lowest BCUT2D eigenvalue weighted by Crippen LogP contribution is -2.10. The number of primary amides is 1. The Kier molecular flexibility index (Phi) is 1.67. The Morgan fingerprint density at radius 1 is 1.60 bits per heavy atom. The van der Waals surface area contributed by atoms with Crippen molar-refractivity contribution in [2.75, 3.05) is 0 Å². The first-order valence-electron chi connectivity index (χ1n) is 2.66. The lowest BCUT2D eigenvalue weighted by Gasteiger charge is -1.91. The average molecular weight is 138 g/mol. The Morgan fingerprint density at radius 3 is 2.70 bits per heavy atom. The lowest BCUT2D eigenvalue weighted by atomic mass is 10.2.